The Balaban J connectivity index is 1.97. The van der Waals surface area contributed by atoms with Crippen molar-refractivity contribution in [2.24, 2.45) is 5.73 Å². The first-order valence-corrected chi connectivity index (χ1v) is 7.39. The van der Waals surface area contributed by atoms with Gasteiger partial charge in [-0.2, -0.15) is 0 Å². The van der Waals surface area contributed by atoms with Crippen molar-refractivity contribution in [1.29, 1.82) is 0 Å². The van der Waals surface area contributed by atoms with Crippen LogP contribution in [0, 0.1) is 5.82 Å². The molecule has 0 radical (unpaired) electrons. The Morgan fingerprint density at radius 3 is 3.14 bits per heavy atom. The molecule has 0 spiro atoms. The normalized spacial score (nSPS) is 17.3. The molecule has 1 aliphatic rings. The summed E-state index contributed by atoms with van der Waals surface area (Å²) < 4.78 is 18.9. The smallest absolute Gasteiger partial charge is 0.277 e. The molecule has 7 heteroatoms. The second-order valence-electron chi connectivity index (χ2n) is 4.79. The molecule has 0 aliphatic carbocycles. The van der Waals surface area contributed by atoms with Gasteiger partial charge in [0.2, 0.25) is 0 Å². The number of amides is 1. The molecule has 0 unspecified atom stereocenters. The summed E-state index contributed by atoms with van der Waals surface area (Å²) in [6.45, 7) is 2.53. The minimum Gasteiger partial charge on any atom is -0.487 e. The van der Waals surface area contributed by atoms with E-state index in [-0.39, 0.29) is 12.0 Å². The monoisotopic (exact) mass is 307 g/mol. The number of nitrogens with zero attached hydrogens (tertiary/aromatic N) is 2. The summed E-state index contributed by atoms with van der Waals surface area (Å²) in [7, 11) is 0. The number of hydrogen-bond acceptors (Lipinski definition) is 5. The number of thiazole rings is 1. The van der Waals surface area contributed by atoms with Crippen molar-refractivity contribution in [2.75, 3.05) is 11.4 Å². The number of halogens is 1. The summed E-state index contributed by atoms with van der Waals surface area (Å²) in [6, 6.07) is 4.15. The lowest BCUT2D eigenvalue weighted by atomic mass is 10.2. The van der Waals surface area contributed by atoms with Crippen LogP contribution in [-0.2, 0) is 6.54 Å². The topological polar surface area (TPSA) is 68.5 Å². The van der Waals surface area contributed by atoms with Crippen LogP contribution in [0.5, 0.6) is 5.75 Å². The SMILES string of the molecule is C[C@H]1CN(C(=O)c2csc(CN)n2)c2ccc(F)cc2O1. The van der Waals surface area contributed by atoms with Gasteiger partial charge in [0.15, 0.2) is 0 Å². The van der Waals surface area contributed by atoms with Crippen LogP contribution in [0.25, 0.3) is 0 Å². The number of fused-ring (bicyclic) bond motifs is 1. The second kappa shape index (κ2) is 5.42. The van der Waals surface area contributed by atoms with Crippen LogP contribution in [0.3, 0.4) is 0 Å². The van der Waals surface area contributed by atoms with E-state index in [1.165, 1.54) is 23.5 Å². The molecule has 0 bridgehead atoms. The van der Waals surface area contributed by atoms with Gasteiger partial charge in [0.05, 0.1) is 12.2 Å². The van der Waals surface area contributed by atoms with E-state index in [0.717, 1.165) is 0 Å². The maximum absolute atomic E-state index is 13.3. The largest absolute Gasteiger partial charge is 0.487 e. The lowest BCUT2D eigenvalue weighted by Gasteiger charge is -2.33. The molecule has 1 amide bonds. The minimum atomic E-state index is -0.394. The zero-order valence-electron chi connectivity index (χ0n) is 11.4. The molecule has 2 heterocycles. The molecule has 0 saturated heterocycles. The molecule has 3 rings (SSSR count). The number of carbonyl (C=O) groups is 1. The number of hydrogen-bond donors (Lipinski definition) is 1. The van der Waals surface area contributed by atoms with Crippen LogP contribution in [0.15, 0.2) is 23.6 Å². The van der Waals surface area contributed by atoms with Crippen molar-refractivity contribution >= 4 is 22.9 Å². The number of rotatable bonds is 2. The van der Waals surface area contributed by atoms with Gasteiger partial charge in [-0.25, -0.2) is 9.37 Å². The molecule has 110 valence electrons. The highest BCUT2D eigenvalue weighted by Crippen LogP contribution is 2.34. The average Bonchev–Trinajstić information content (AvgIpc) is 2.94. The van der Waals surface area contributed by atoms with Crippen LogP contribution in [0.4, 0.5) is 10.1 Å². The first-order chi connectivity index (χ1) is 10.1. The van der Waals surface area contributed by atoms with Crippen molar-refractivity contribution in [2.45, 2.75) is 19.6 Å². The Morgan fingerprint density at radius 2 is 2.43 bits per heavy atom. The van der Waals surface area contributed by atoms with Gasteiger partial charge in [-0.1, -0.05) is 0 Å². The fourth-order valence-electron chi connectivity index (χ4n) is 2.25. The molecule has 21 heavy (non-hydrogen) atoms. The molecule has 0 saturated carbocycles. The molecule has 2 aromatic rings. The van der Waals surface area contributed by atoms with Gasteiger partial charge in [-0.3, -0.25) is 9.69 Å². The Labute approximate surface area is 125 Å². The molecular weight excluding hydrogens is 293 g/mol. The van der Waals surface area contributed by atoms with Crippen LogP contribution in [-0.4, -0.2) is 23.5 Å². The van der Waals surface area contributed by atoms with Crippen molar-refractivity contribution in [3.63, 3.8) is 0 Å². The Morgan fingerprint density at radius 1 is 1.62 bits per heavy atom. The third-order valence-electron chi connectivity index (χ3n) is 3.17. The van der Waals surface area contributed by atoms with Crippen LogP contribution >= 0.6 is 11.3 Å². The Bertz CT molecular complexity index is 689. The molecule has 1 aliphatic heterocycles. The van der Waals surface area contributed by atoms with Crippen LogP contribution in [0.2, 0.25) is 0 Å². The molecule has 1 aromatic heterocycles. The summed E-state index contributed by atoms with van der Waals surface area (Å²) in [6.07, 6.45) is -0.212. The molecule has 5 nitrogen and oxygen atoms in total. The number of carbonyl (C=O) groups excluding carboxylic acids is 1. The summed E-state index contributed by atoms with van der Waals surface area (Å²) in [5.41, 5.74) is 6.43. The molecule has 1 aromatic carbocycles. The predicted octanol–water partition coefficient (Wildman–Crippen LogP) is 2.17. The van der Waals surface area contributed by atoms with Gasteiger partial charge in [-0.05, 0) is 19.1 Å². The van der Waals surface area contributed by atoms with Crippen molar-refractivity contribution < 1.29 is 13.9 Å². The predicted molar refractivity (Wildman–Crippen MR) is 78.2 cm³/mol. The van der Waals surface area contributed by atoms with Gasteiger partial charge < -0.3 is 10.5 Å². The maximum Gasteiger partial charge on any atom is 0.277 e. The zero-order chi connectivity index (χ0) is 15.0. The van der Waals surface area contributed by atoms with Crippen molar-refractivity contribution in [3.8, 4) is 5.75 Å². The fourth-order valence-corrected chi connectivity index (χ4v) is 2.90. The summed E-state index contributed by atoms with van der Waals surface area (Å²) >= 11 is 1.35. The van der Waals surface area contributed by atoms with E-state index in [9.17, 15) is 9.18 Å². The number of nitrogens with two attached hydrogens (primary N) is 1. The minimum absolute atomic E-state index is 0.212. The summed E-state index contributed by atoms with van der Waals surface area (Å²) in [5.74, 6) is -0.250. The molecule has 0 fully saturated rings. The van der Waals surface area contributed by atoms with Gasteiger partial charge in [-0.15, -0.1) is 11.3 Å². The Kier molecular flexibility index (Phi) is 3.60. The summed E-state index contributed by atoms with van der Waals surface area (Å²) in [4.78, 5) is 18.4. The number of ether oxygens (including phenoxy) is 1. The first kappa shape index (κ1) is 14.0. The van der Waals surface area contributed by atoms with Crippen LogP contribution in [0.1, 0.15) is 22.4 Å². The van der Waals surface area contributed by atoms with Gasteiger partial charge in [0.1, 0.15) is 28.4 Å². The standard InChI is InChI=1S/C14H14FN3O2S/c1-8-6-18(11-3-2-9(15)4-12(11)20-8)14(19)10-7-21-13(5-16)17-10/h2-4,7-8H,5-6,16H2,1H3/t8-/m0/s1. The molecule has 2 N–H and O–H groups in total. The van der Waals surface area contributed by atoms with E-state index >= 15 is 0 Å². The summed E-state index contributed by atoms with van der Waals surface area (Å²) in [5, 5.41) is 2.40. The second-order valence-corrected chi connectivity index (χ2v) is 5.73. The highest BCUT2D eigenvalue weighted by atomic mass is 32.1. The van der Waals surface area contributed by atoms with E-state index in [4.69, 9.17) is 10.5 Å². The van der Waals surface area contributed by atoms with E-state index in [0.29, 0.717) is 35.2 Å². The van der Waals surface area contributed by atoms with E-state index in [2.05, 4.69) is 4.98 Å². The molecule has 1 atom stereocenters. The highest BCUT2D eigenvalue weighted by Gasteiger charge is 2.29. The van der Waals surface area contributed by atoms with E-state index in [1.54, 1.807) is 16.3 Å². The number of benzene rings is 1. The van der Waals surface area contributed by atoms with E-state index < -0.39 is 5.82 Å². The van der Waals surface area contributed by atoms with Gasteiger partial charge in [0.25, 0.3) is 5.91 Å². The first-order valence-electron chi connectivity index (χ1n) is 6.51. The van der Waals surface area contributed by atoms with Gasteiger partial charge >= 0.3 is 0 Å². The van der Waals surface area contributed by atoms with E-state index in [1.807, 2.05) is 6.92 Å². The fraction of sp³-hybridized carbons (Fsp3) is 0.286. The van der Waals surface area contributed by atoms with Gasteiger partial charge in [0, 0.05) is 18.0 Å². The average molecular weight is 307 g/mol. The lowest BCUT2D eigenvalue weighted by molar-refractivity contribution is 0.0956. The van der Waals surface area contributed by atoms with Crippen molar-refractivity contribution in [1.82, 2.24) is 4.98 Å². The highest BCUT2D eigenvalue weighted by molar-refractivity contribution is 7.09. The zero-order valence-corrected chi connectivity index (χ0v) is 12.2. The number of anilines is 1. The third kappa shape index (κ3) is 2.62. The Hall–Kier alpha value is -1.99. The molecular formula is C14H14FN3O2S. The van der Waals surface area contributed by atoms with Crippen molar-refractivity contribution in [3.05, 3.63) is 40.1 Å². The third-order valence-corrected chi connectivity index (χ3v) is 4.04. The number of aromatic nitrogens is 1. The lowest BCUT2D eigenvalue weighted by Crippen LogP contribution is -2.42. The van der Waals surface area contributed by atoms with Crippen LogP contribution < -0.4 is 15.4 Å². The maximum atomic E-state index is 13.3. The quantitative estimate of drug-likeness (QED) is 0.923.